The van der Waals surface area contributed by atoms with Gasteiger partial charge in [-0.2, -0.15) is 11.8 Å². The minimum absolute atomic E-state index is 0.160. The van der Waals surface area contributed by atoms with Gasteiger partial charge in [0, 0.05) is 19.6 Å². The van der Waals surface area contributed by atoms with Crippen LogP contribution in [0.4, 0.5) is 0 Å². The first-order chi connectivity index (χ1) is 8.31. The molecule has 5 heteroatoms. The molecule has 1 N–H and O–H groups in total. The Hall–Kier alpha value is -0.520. The topological polar surface area (TPSA) is 39.1 Å². The Morgan fingerprint density at radius 3 is 3.29 bits per heavy atom. The van der Waals surface area contributed by atoms with Crippen molar-refractivity contribution in [1.29, 1.82) is 0 Å². The summed E-state index contributed by atoms with van der Waals surface area (Å²) in [5, 5.41) is 3.36. The second kappa shape index (κ2) is 6.42. The highest BCUT2D eigenvalue weighted by Crippen LogP contribution is 2.19. The predicted molar refractivity (Wildman–Crippen MR) is 71.3 cm³/mol. The average molecular weight is 255 g/mol. The molecule has 96 valence electrons. The van der Waals surface area contributed by atoms with Crippen molar-refractivity contribution >= 4 is 11.8 Å². The number of thioether (sulfide) groups is 1. The van der Waals surface area contributed by atoms with E-state index < -0.39 is 0 Å². The van der Waals surface area contributed by atoms with Crippen LogP contribution in [-0.4, -0.2) is 41.3 Å². The fraction of sp³-hybridized carbons (Fsp3) is 0.750. The molecule has 1 aliphatic rings. The van der Waals surface area contributed by atoms with Crippen LogP contribution >= 0.6 is 11.8 Å². The van der Waals surface area contributed by atoms with Crippen molar-refractivity contribution in [2.45, 2.75) is 19.6 Å². The smallest absolute Gasteiger partial charge is 0.111 e. The van der Waals surface area contributed by atoms with E-state index in [1.807, 2.05) is 24.3 Å². The first kappa shape index (κ1) is 12.9. The molecule has 0 radical (unpaired) electrons. The lowest BCUT2D eigenvalue weighted by molar-refractivity contribution is 0.0225. The molecule has 0 aromatic carbocycles. The van der Waals surface area contributed by atoms with Crippen LogP contribution in [0, 0.1) is 5.92 Å². The Morgan fingerprint density at radius 2 is 2.59 bits per heavy atom. The van der Waals surface area contributed by atoms with Crippen molar-refractivity contribution in [3.8, 4) is 0 Å². The van der Waals surface area contributed by atoms with E-state index in [0.29, 0.717) is 5.92 Å². The number of morpholine rings is 1. The van der Waals surface area contributed by atoms with Gasteiger partial charge in [-0.1, -0.05) is 6.92 Å². The maximum absolute atomic E-state index is 5.78. The summed E-state index contributed by atoms with van der Waals surface area (Å²) in [5.74, 6) is 1.84. The van der Waals surface area contributed by atoms with Crippen LogP contribution in [-0.2, 0) is 11.3 Å². The van der Waals surface area contributed by atoms with Gasteiger partial charge in [0.2, 0.25) is 0 Å². The van der Waals surface area contributed by atoms with Gasteiger partial charge in [-0.3, -0.25) is 0 Å². The van der Waals surface area contributed by atoms with Crippen molar-refractivity contribution < 1.29 is 4.74 Å². The molecule has 1 saturated heterocycles. The number of aromatic nitrogens is 2. The van der Waals surface area contributed by atoms with Crippen molar-refractivity contribution in [1.82, 2.24) is 14.9 Å². The number of ether oxygens (including phenoxy) is 1. The molecular formula is C12H21N3OS. The molecule has 2 unspecified atom stereocenters. The third-order valence-corrected chi connectivity index (χ3v) is 3.86. The molecule has 1 aromatic heterocycles. The van der Waals surface area contributed by atoms with Crippen LogP contribution in [0.5, 0.6) is 0 Å². The van der Waals surface area contributed by atoms with Gasteiger partial charge in [-0.15, -0.1) is 0 Å². The van der Waals surface area contributed by atoms with Crippen molar-refractivity contribution in [2.24, 2.45) is 5.92 Å². The van der Waals surface area contributed by atoms with Crippen molar-refractivity contribution in [3.63, 3.8) is 0 Å². The minimum Gasteiger partial charge on any atom is -0.369 e. The summed E-state index contributed by atoms with van der Waals surface area (Å²) in [4.78, 5) is 4.26. The third-order valence-electron chi connectivity index (χ3n) is 2.96. The van der Waals surface area contributed by atoms with Crippen LogP contribution < -0.4 is 5.32 Å². The highest BCUT2D eigenvalue weighted by molar-refractivity contribution is 7.98. The fourth-order valence-corrected chi connectivity index (χ4v) is 2.85. The van der Waals surface area contributed by atoms with Gasteiger partial charge in [0.1, 0.15) is 6.10 Å². The van der Waals surface area contributed by atoms with Crippen LogP contribution in [0.3, 0.4) is 0 Å². The quantitative estimate of drug-likeness (QED) is 0.866. The summed E-state index contributed by atoms with van der Waals surface area (Å²) in [6.45, 7) is 5.93. The number of imidazole rings is 1. The third kappa shape index (κ3) is 3.47. The van der Waals surface area contributed by atoms with Gasteiger partial charge in [-0.25, -0.2) is 4.98 Å². The molecular weight excluding hydrogens is 234 g/mol. The lowest BCUT2D eigenvalue weighted by atomic mass is 10.2. The van der Waals surface area contributed by atoms with E-state index in [1.54, 1.807) is 0 Å². The molecule has 1 fully saturated rings. The number of nitrogens with zero attached hydrogens (tertiary/aromatic N) is 2. The van der Waals surface area contributed by atoms with E-state index in [-0.39, 0.29) is 6.10 Å². The van der Waals surface area contributed by atoms with E-state index in [9.17, 15) is 0 Å². The zero-order chi connectivity index (χ0) is 12.1. The Morgan fingerprint density at radius 1 is 1.71 bits per heavy atom. The monoisotopic (exact) mass is 255 g/mol. The molecule has 1 aromatic rings. The van der Waals surface area contributed by atoms with Crippen LogP contribution in [0.25, 0.3) is 0 Å². The first-order valence-electron chi connectivity index (χ1n) is 6.12. The van der Waals surface area contributed by atoms with E-state index in [4.69, 9.17) is 4.74 Å². The lowest BCUT2D eigenvalue weighted by Crippen LogP contribution is -2.34. The molecule has 0 aliphatic carbocycles. The molecule has 2 heterocycles. The zero-order valence-electron chi connectivity index (χ0n) is 10.6. The van der Waals surface area contributed by atoms with Crippen LogP contribution in [0.15, 0.2) is 12.5 Å². The maximum atomic E-state index is 5.78. The lowest BCUT2D eigenvalue weighted by Gasteiger charge is -2.25. The normalized spacial score (nSPS) is 22.6. The molecule has 0 saturated carbocycles. The van der Waals surface area contributed by atoms with Gasteiger partial charge in [-0.05, 0) is 17.9 Å². The SMILES string of the molecule is CSCC(C)Cn1cncc1C1CNCCO1. The van der Waals surface area contributed by atoms with Gasteiger partial charge < -0.3 is 14.6 Å². The van der Waals surface area contributed by atoms with Crippen molar-refractivity contribution in [3.05, 3.63) is 18.2 Å². The number of rotatable bonds is 5. The zero-order valence-corrected chi connectivity index (χ0v) is 11.4. The fourth-order valence-electron chi connectivity index (χ4n) is 2.18. The second-order valence-electron chi connectivity index (χ2n) is 4.59. The van der Waals surface area contributed by atoms with Gasteiger partial charge in [0.25, 0.3) is 0 Å². The van der Waals surface area contributed by atoms with E-state index >= 15 is 0 Å². The van der Waals surface area contributed by atoms with Gasteiger partial charge >= 0.3 is 0 Å². The highest BCUT2D eigenvalue weighted by atomic mass is 32.2. The summed E-state index contributed by atoms with van der Waals surface area (Å²) < 4.78 is 8.01. The molecule has 17 heavy (non-hydrogen) atoms. The van der Waals surface area contributed by atoms with Crippen LogP contribution in [0.2, 0.25) is 0 Å². The Labute approximate surface area is 107 Å². The van der Waals surface area contributed by atoms with Gasteiger partial charge in [0.05, 0.1) is 24.8 Å². The average Bonchev–Trinajstić information content (AvgIpc) is 2.78. The molecule has 0 amide bonds. The Bertz CT molecular complexity index is 336. The summed E-state index contributed by atoms with van der Waals surface area (Å²) in [6, 6.07) is 0. The highest BCUT2D eigenvalue weighted by Gasteiger charge is 2.19. The predicted octanol–water partition coefficient (Wildman–Crippen LogP) is 1.54. The summed E-state index contributed by atoms with van der Waals surface area (Å²) in [6.07, 6.45) is 6.17. The maximum Gasteiger partial charge on any atom is 0.111 e. The number of nitrogens with one attached hydrogen (secondary N) is 1. The Kier molecular flexibility index (Phi) is 4.88. The molecule has 2 atom stereocenters. The van der Waals surface area contributed by atoms with Crippen molar-refractivity contribution in [2.75, 3.05) is 31.7 Å². The Balaban J connectivity index is 2.00. The van der Waals surface area contributed by atoms with Crippen LogP contribution in [0.1, 0.15) is 18.7 Å². The van der Waals surface area contributed by atoms with E-state index in [2.05, 4.69) is 28.0 Å². The van der Waals surface area contributed by atoms with E-state index in [1.165, 1.54) is 11.4 Å². The number of hydrogen-bond acceptors (Lipinski definition) is 4. The molecule has 1 aliphatic heterocycles. The standard InChI is InChI=1S/C12H21N3OS/c1-10(8-17-2)7-15-9-14-5-11(15)12-6-13-3-4-16-12/h5,9-10,12-13H,3-4,6-8H2,1-2H3. The summed E-state index contributed by atoms with van der Waals surface area (Å²) in [7, 11) is 0. The first-order valence-corrected chi connectivity index (χ1v) is 7.52. The molecule has 2 rings (SSSR count). The summed E-state index contributed by atoms with van der Waals surface area (Å²) in [5.41, 5.74) is 1.20. The minimum atomic E-state index is 0.160. The number of hydrogen-bond donors (Lipinski definition) is 1. The van der Waals surface area contributed by atoms with E-state index in [0.717, 1.165) is 26.2 Å². The molecule has 4 nitrogen and oxygen atoms in total. The largest absolute Gasteiger partial charge is 0.369 e. The second-order valence-corrected chi connectivity index (χ2v) is 5.51. The molecule has 0 bridgehead atoms. The summed E-state index contributed by atoms with van der Waals surface area (Å²) >= 11 is 1.90. The molecule has 0 spiro atoms. The van der Waals surface area contributed by atoms with Gasteiger partial charge in [0.15, 0.2) is 0 Å².